The van der Waals surface area contributed by atoms with Gasteiger partial charge in [-0.3, -0.25) is 4.79 Å². The Bertz CT molecular complexity index is 962. The van der Waals surface area contributed by atoms with Gasteiger partial charge in [0.2, 0.25) is 5.91 Å². The summed E-state index contributed by atoms with van der Waals surface area (Å²) in [6, 6.07) is 16.3. The first-order valence-corrected chi connectivity index (χ1v) is 9.84. The predicted molar refractivity (Wildman–Crippen MR) is 114 cm³/mol. The van der Waals surface area contributed by atoms with Crippen molar-refractivity contribution in [2.45, 2.75) is 25.4 Å². The van der Waals surface area contributed by atoms with Gasteiger partial charge < -0.3 is 19.5 Å². The molecule has 0 radical (unpaired) electrons. The van der Waals surface area contributed by atoms with E-state index in [0.29, 0.717) is 12.5 Å². The number of carbonyl (C=O) groups is 1. The van der Waals surface area contributed by atoms with Crippen LogP contribution in [-0.4, -0.2) is 36.8 Å². The van der Waals surface area contributed by atoms with E-state index >= 15 is 0 Å². The SMILES string of the molecule is COC1CCCN(c2ccc(NC(=O)Cc3cn(C)c4ccccc34)cc2)C1. The third-order valence-electron chi connectivity index (χ3n) is 5.56. The van der Waals surface area contributed by atoms with E-state index in [1.54, 1.807) is 7.11 Å². The van der Waals surface area contributed by atoms with Crippen LogP contribution >= 0.6 is 0 Å². The van der Waals surface area contributed by atoms with E-state index in [4.69, 9.17) is 4.74 Å². The molecule has 3 aromatic rings. The molecule has 1 atom stereocenters. The normalized spacial score (nSPS) is 17.1. The van der Waals surface area contributed by atoms with Crippen molar-refractivity contribution < 1.29 is 9.53 Å². The van der Waals surface area contributed by atoms with E-state index < -0.39 is 0 Å². The van der Waals surface area contributed by atoms with Gasteiger partial charge in [0.1, 0.15) is 0 Å². The fraction of sp³-hybridized carbons (Fsp3) is 0.348. The average Bonchev–Trinajstić information content (AvgIpc) is 3.04. The second-order valence-electron chi connectivity index (χ2n) is 7.50. The number of aryl methyl sites for hydroxylation is 1. The molecule has 0 spiro atoms. The molecule has 1 amide bonds. The Hall–Kier alpha value is -2.79. The summed E-state index contributed by atoms with van der Waals surface area (Å²) in [6.45, 7) is 1.97. The maximum absolute atomic E-state index is 12.6. The van der Waals surface area contributed by atoms with E-state index in [-0.39, 0.29) is 5.91 Å². The number of anilines is 2. The number of benzene rings is 2. The molecule has 1 saturated heterocycles. The lowest BCUT2D eigenvalue weighted by Gasteiger charge is -2.33. The third kappa shape index (κ3) is 3.90. The molecular weight excluding hydrogens is 350 g/mol. The summed E-state index contributed by atoms with van der Waals surface area (Å²) < 4.78 is 7.58. The Morgan fingerprint density at radius 2 is 1.96 bits per heavy atom. The molecule has 1 aliphatic heterocycles. The van der Waals surface area contributed by atoms with Gasteiger partial charge in [0.05, 0.1) is 12.5 Å². The minimum absolute atomic E-state index is 0.00141. The standard InChI is InChI=1S/C23H27N3O2/c1-25-15-17(21-7-3-4-8-22(21)25)14-23(27)24-18-9-11-19(12-10-18)26-13-5-6-20(16-26)28-2/h3-4,7-12,15,20H,5-6,13-14,16H2,1-2H3,(H,24,27). The first-order valence-electron chi connectivity index (χ1n) is 9.84. The van der Waals surface area contributed by atoms with Gasteiger partial charge in [0.25, 0.3) is 0 Å². The van der Waals surface area contributed by atoms with Crippen LogP contribution in [0.5, 0.6) is 0 Å². The van der Waals surface area contributed by atoms with Gasteiger partial charge in [-0.05, 0) is 48.7 Å². The van der Waals surface area contributed by atoms with Gasteiger partial charge >= 0.3 is 0 Å². The largest absolute Gasteiger partial charge is 0.380 e. The molecule has 2 heterocycles. The smallest absolute Gasteiger partial charge is 0.228 e. The average molecular weight is 377 g/mol. The Balaban J connectivity index is 1.40. The lowest BCUT2D eigenvalue weighted by atomic mass is 10.1. The number of para-hydroxylation sites is 1. The van der Waals surface area contributed by atoms with Crippen molar-refractivity contribution in [2.75, 3.05) is 30.4 Å². The van der Waals surface area contributed by atoms with E-state index in [1.807, 2.05) is 37.5 Å². The Morgan fingerprint density at radius 1 is 1.18 bits per heavy atom. The highest BCUT2D eigenvalue weighted by atomic mass is 16.5. The summed E-state index contributed by atoms with van der Waals surface area (Å²) in [5.41, 5.74) is 4.19. The minimum atomic E-state index is 0.00141. The number of nitrogens with zero attached hydrogens (tertiary/aromatic N) is 2. The maximum Gasteiger partial charge on any atom is 0.228 e. The van der Waals surface area contributed by atoms with Crippen LogP contribution in [0.25, 0.3) is 10.9 Å². The molecule has 4 rings (SSSR count). The molecular formula is C23H27N3O2. The number of ether oxygens (including phenoxy) is 1. The summed E-state index contributed by atoms with van der Waals surface area (Å²) in [5, 5.41) is 4.16. The molecule has 28 heavy (non-hydrogen) atoms. The number of fused-ring (bicyclic) bond motifs is 1. The van der Waals surface area contributed by atoms with E-state index in [9.17, 15) is 4.79 Å². The van der Waals surface area contributed by atoms with Gasteiger partial charge in [-0.25, -0.2) is 0 Å². The molecule has 0 bridgehead atoms. The molecule has 0 aliphatic carbocycles. The van der Waals surface area contributed by atoms with Crippen molar-refractivity contribution >= 4 is 28.2 Å². The topological polar surface area (TPSA) is 46.5 Å². The molecule has 2 aromatic carbocycles. The van der Waals surface area contributed by atoms with E-state index in [2.05, 4.69) is 39.0 Å². The van der Waals surface area contributed by atoms with Crippen molar-refractivity contribution in [1.29, 1.82) is 0 Å². The molecule has 5 nitrogen and oxygen atoms in total. The number of rotatable bonds is 5. The number of methoxy groups -OCH3 is 1. The number of carbonyl (C=O) groups excluding carboxylic acids is 1. The first-order chi connectivity index (χ1) is 13.6. The van der Waals surface area contributed by atoms with Crippen LogP contribution in [0, 0.1) is 0 Å². The highest BCUT2D eigenvalue weighted by molar-refractivity contribution is 5.96. The number of hydrogen-bond acceptors (Lipinski definition) is 3. The van der Waals surface area contributed by atoms with Crippen LogP contribution in [0.3, 0.4) is 0 Å². The van der Waals surface area contributed by atoms with Crippen LogP contribution in [0.2, 0.25) is 0 Å². The fourth-order valence-corrected chi connectivity index (χ4v) is 4.07. The minimum Gasteiger partial charge on any atom is -0.380 e. The van der Waals surface area contributed by atoms with Crippen LogP contribution in [0.15, 0.2) is 54.7 Å². The zero-order valence-electron chi connectivity index (χ0n) is 16.5. The predicted octanol–water partition coefficient (Wildman–Crippen LogP) is 3.97. The van der Waals surface area contributed by atoms with Gasteiger partial charge in [-0.15, -0.1) is 0 Å². The van der Waals surface area contributed by atoms with Crippen LogP contribution < -0.4 is 10.2 Å². The van der Waals surface area contributed by atoms with Gasteiger partial charge in [0, 0.05) is 55.7 Å². The summed E-state index contributed by atoms with van der Waals surface area (Å²) in [5.74, 6) is 0.00141. The second-order valence-corrected chi connectivity index (χ2v) is 7.50. The van der Waals surface area contributed by atoms with Crippen molar-refractivity contribution in [2.24, 2.45) is 7.05 Å². The quantitative estimate of drug-likeness (QED) is 0.732. The molecule has 0 saturated carbocycles. The summed E-state index contributed by atoms with van der Waals surface area (Å²) in [6.07, 6.45) is 4.96. The Labute approximate surface area is 165 Å². The Kier molecular flexibility index (Phi) is 5.35. The molecule has 1 aromatic heterocycles. The number of nitrogens with one attached hydrogen (secondary N) is 1. The van der Waals surface area contributed by atoms with E-state index in [1.165, 1.54) is 5.69 Å². The van der Waals surface area contributed by atoms with Crippen LogP contribution in [0.4, 0.5) is 11.4 Å². The van der Waals surface area contributed by atoms with Gasteiger partial charge in [-0.2, -0.15) is 0 Å². The van der Waals surface area contributed by atoms with Gasteiger partial charge in [-0.1, -0.05) is 18.2 Å². The summed E-state index contributed by atoms with van der Waals surface area (Å²) in [4.78, 5) is 14.9. The zero-order valence-corrected chi connectivity index (χ0v) is 16.5. The lowest BCUT2D eigenvalue weighted by molar-refractivity contribution is -0.115. The second kappa shape index (κ2) is 8.07. The van der Waals surface area contributed by atoms with Crippen molar-refractivity contribution in [3.63, 3.8) is 0 Å². The number of piperidine rings is 1. The molecule has 1 unspecified atom stereocenters. The lowest BCUT2D eigenvalue weighted by Crippen LogP contribution is -2.39. The molecule has 1 N–H and O–H groups in total. The molecule has 1 fully saturated rings. The number of aromatic nitrogens is 1. The van der Waals surface area contributed by atoms with Crippen molar-refractivity contribution in [3.8, 4) is 0 Å². The molecule has 5 heteroatoms. The van der Waals surface area contributed by atoms with Crippen LogP contribution in [-0.2, 0) is 23.0 Å². The number of amides is 1. The monoisotopic (exact) mass is 377 g/mol. The molecule has 1 aliphatic rings. The van der Waals surface area contributed by atoms with Gasteiger partial charge in [0.15, 0.2) is 0 Å². The van der Waals surface area contributed by atoms with E-state index in [0.717, 1.165) is 48.1 Å². The maximum atomic E-state index is 12.6. The molecule has 146 valence electrons. The zero-order chi connectivity index (χ0) is 19.5. The third-order valence-corrected chi connectivity index (χ3v) is 5.56. The Morgan fingerprint density at radius 3 is 2.75 bits per heavy atom. The summed E-state index contributed by atoms with van der Waals surface area (Å²) in [7, 11) is 3.79. The fourth-order valence-electron chi connectivity index (χ4n) is 4.07. The van der Waals surface area contributed by atoms with Crippen molar-refractivity contribution in [1.82, 2.24) is 4.57 Å². The first kappa shape index (κ1) is 18.6. The highest BCUT2D eigenvalue weighted by Gasteiger charge is 2.19. The summed E-state index contributed by atoms with van der Waals surface area (Å²) >= 11 is 0. The van der Waals surface area contributed by atoms with Crippen LogP contribution in [0.1, 0.15) is 18.4 Å². The van der Waals surface area contributed by atoms with Crippen molar-refractivity contribution in [3.05, 3.63) is 60.3 Å². The highest BCUT2D eigenvalue weighted by Crippen LogP contribution is 2.24. The number of hydrogen-bond donors (Lipinski definition) is 1.